The number of aliphatic hydroxyl groups excluding tert-OH is 1. The van der Waals surface area contributed by atoms with Crippen LogP contribution in [0.5, 0.6) is 0 Å². The van der Waals surface area contributed by atoms with Crippen LogP contribution in [-0.4, -0.2) is 23.2 Å². The lowest BCUT2D eigenvalue weighted by molar-refractivity contribution is 0.282. The van der Waals surface area contributed by atoms with E-state index in [0.717, 1.165) is 24.6 Å². The summed E-state index contributed by atoms with van der Waals surface area (Å²) in [6.45, 7) is 2.20. The highest BCUT2D eigenvalue weighted by atomic mass is 32.2. The van der Waals surface area contributed by atoms with Crippen LogP contribution in [0.4, 0.5) is 0 Å². The summed E-state index contributed by atoms with van der Waals surface area (Å²) in [4.78, 5) is 0. The Morgan fingerprint density at radius 2 is 2.00 bits per heavy atom. The summed E-state index contributed by atoms with van der Waals surface area (Å²) in [6, 6.07) is 8.15. The molecule has 2 N–H and O–H groups in total. The predicted octanol–water partition coefficient (Wildman–Crippen LogP) is 2.02. The smallest absolute Gasteiger partial charge is 0.0681 e. The third-order valence-corrected chi connectivity index (χ3v) is 4.22. The van der Waals surface area contributed by atoms with Crippen molar-refractivity contribution >= 4 is 11.8 Å². The van der Waals surface area contributed by atoms with Crippen LogP contribution in [0, 0.1) is 5.92 Å². The van der Waals surface area contributed by atoms with E-state index < -0.39 is 0 Å². The van der Waals surface area contributed by atoms with Crippen molar-refractivity contribution in [1.29, 1.82) is 0 Å². The van der Waals surface area contributed by atoms with Crippen molar-refractivity contribution in [3.8, 4) is 0 Å². The molecule has 2 nitrogen and oxygen atoms in total. The Balaban J connectivity index is 1.71. The average Bonchev–Trinajstić information content (AvgIpc) is 2.83. The molecule has 0 amide bonds. The summed E-state index contributed by atoms with van der Waals surface area (Å²) in [5.41, 5.74) is 2.28. The first kappa shape index (κ1) is 12.0. The van der Waals surface area contributed by atoms with Crippen molar-refractivity contribution in [3.05, 3.63) is 35.4 Å². The quantitative estimate of drug-likeness (QED) is 0.822. The van der Waals surface area contributed by atoms with E-state index in [1.165, 1.54) is 23.5 Å². The number of thioether (sulfide) groups is 1. The summed E-state index contributed by atoms with van der Waals surface area (Å²) < 4.78 is 0. The lowest BCUT2D eigenvalue weighted by Crippen LogP contribution is -2.22. The highest BCUT2D eigenvalue weighted by molar-refractivity contribution is 7.99. The molecule has 0 aliphatic carbocycles. The normalized spacial score (nSPS) is 20.2. The largest absolute Gasteiger partial charge is 0.392 e. The first-order valence-corrected chi connectivity index (χ1v) is 7.01. The first-order chi connectivity index (χ1) is 7.88. The summed E-state index contributed by atoms with van der Waals surface area (Å²) in [6.07, 6.45) is 1.36. The van der Waals surface area contributed by atoms with E-state index in [1.807, 2.05) is 12.1 Å². The predicted molar refractivity (Wildman–Crippen MR) is 69.5 cm³/mol. The van der Waals surface area contributed by atoms with E-state index in [4.69, 9.17) is 5.11 Å². The minimum absolute atomic E-state index is 0.132. The molecule has 16 heavy (non-hydrogen) atoms. The molecule has 0 bridgehead atoms. The first-order valence-electron chi connectivity index (χ1n) is 5.85. The number of hydrogen-bond donors (Lipinski definition) is 2. The van der Waals surface area contributed by atoms with Crippen LogP contribution in [0.15, 0.2) is 24.3 Å². The molecule has 0 aromatic heterocycles. The Labute approximate surface area is 101 Å². The fourth-order valence-corrected chi connectivity index (χ4v) is 3.21. The van der Waals surface area contributed by atoms with Crippen LogP contribution in [0.3, 0.4) is 0 Å². The van der Waals surface area contributed by atoms with E-state index in [1.54, 1.807) is 0 Å². The Morgan fingerprint density at radius 3 is 2.62 bits per heavy atom. The monoisotopic (exact) mass is 237 g/mol. The van der Waals surface area contributed by atoms with Gasteiger partial charge in [-0.15, -0.1) is 0 Å². The maximum atomic E-state index is 8.93. The van der Waals surface area contributed by atoms with Gasteiger partial charge in [0, 0.05) is 6.54 Å². The minimum Gasteiger partial charge on any atom is -0.392 e. The molecular weight excluding hydrogens is 218 g/mol. The molecule has 1 atom stereocenters. The van der Waals surface area contributed by atoms with Crippen LogP contribution in [0.25, 0.3) is 0 Å². The van der Waals surface area contributed by atoms with Gasteiger partial charge >= 0.3 is 0 Å². The van der Waals surface area contributed by atoms with E-state index >= 15 is 0 Å². The SMILES string of the molecule is OCc1ccc(CNCC2CCSC2)cc1. The molecule has 0 saturated carbocycles. The summed E-state index contributed by atoms with van der Waals surface area (Å²) >= 11 is 2.07. The lowest BCUT2D eigenvalue weighted by Gasteiger charge is -2.10. The summed E-state index contributed by atoms with van der Waals surface area (Å²) in [5.74, 6) is 3.51. The summed E-state index contributed by atoms with van der Waals surface area (Å²) in [5, 5.41) is 12.4. The number of hydrogen-bond acceptors (Lipinski definition) is 3. The van der Waals surface area contributed by atoms with Gasteiger partial charge in [0.25, 0.3) is 0 Å². The van der Waals surface area contributed by atoms with Crippen LogP contribution in [-0.2, 0) is 13.2 Å². The van der Waals surface area contributed by atoms with Gasteiger partial charge < -0.3 is 10.4 Å². The second-order valence-electron chi connectivity index (χ2n) is 4.34. The van der Waals surface area contributed by atoms with Gasteiger partial charge in [-0.05, 0) is 41.5 Å². The van der Waals surface area contributed by atoms with Gasteiger partial charge in [0.1, 0.15) is 0 Å². The Morgan fingerprint density at radius 1 is 1.25 bits per heavy atom. The molecule has 0 radical (unpaired) electrons. The van der Waals surface area contributed by atoms with Gasteiger partial charge in [0.2, 0.25) is 0 Å². The van der Waals surface area contributed by atoms with Crippen LogP contribution >= 0.6 is 11.8 Å². The molecule has 0 spiro atoms. The van der Waals surface area contributed by atoms with E-state index in [0.29, 0.717) is 0 Å². The van der Waals surface area contributed by atoms with E-state index in [-0.39, 0.29) is 6.61 Å². The molecule has 1 heterocycles. The van der Waals surface area contributed by atoms with Gasteiger partial charge in [-0.25, -0.2) is 0 Å². The Bertz CT molecular complexity index is 306. The van der Waals surface area contributed by atoms with Crippen molar-refractivity contribution in [1.82, 2.24) is 5.32 Å². The molecule has 88 valence electrons. The molecule has 1 saturated heterocycles. The molecule has 1 unspecified atom stereocenters. The van der Waals surface area contributed by atoms with Crippen LogP contribution in [0.2, 0.25) is 0 Å². The molecule has 3 heteroatoms. The Kier molecular flexibility index (Phi) is 4.69. The highest BCUT2D eigenvalue weighted by Gasteiger charge is 2.14. The third kappa shape index (κ3) is 3.51. The van der Waals surface area contributed by atoms with Gasteiger partial charge in [-0.2, -0.15) is 11.8 Å². The van der Waals surface area contributed by atoms with Gasteiger partial charge in [-0.1, -0.05) is 24.3 Å². The molecule has 1 aromatic rings. The number of rotatable bonds is 5. The number of nitrogens with one attached hydrogen (secondary N) is 1. The average molecular weight is 237 g/mol. The standard InChI is InChI=1S/C13H19NOS/c15-9-12-3-1-11(2-4-12)7-14-8-13-5-6-16-10-13/h1-4,13-15H,5-10H2. The van der Waals surface area contributed by atoms with Gasteiger partial charge in [0.15, 0.2) is 0 Å². The van der Waals surface area contributed by atoms with Gasteiger partial charge in [-0.3, -0.25) is 0 Å². The molecule has 1 aliphatic heterocycles. The van der Waals surface area contributed by atoms with E-state index in [9.17, 15) is 0 Å². The number of aliphatic hydroxyl groups is 1. The molecule has 1 aromatic carbocycles. The van der Waals surface area contributed by atoms with Crippen LogP contribution in [0.1, 0.15) is 17.5 Å². The second-order valence-corrected chi connectivity index (χ2v) is 5.48. The topological polar surface area (TPSA) is 32.3 Å². The fraction of sp³-hybridized carbons (Fsp3) is 0.538. The minimum atomic E-state index is 0.132. The van der Waals surface area contributed by atoms with Crippen LogP contribution < -0.4 is 5.32 Å². The number of benzene rings is 1. The maximum absolute atomic E-state index is 8.93. The van der Waals surface area contributed by atoms with Gasteiger partial charge in [0.05, 0.1) is 6.61 Å². The van der Waals surface area contributed by atoms with Crippen molar-refractivity contribution in [2.24, 2.45) is 5.92 Å². The highest BCUT2D eigenvalue weighted by Crippen LogP contribution is 2.22. The molecule has 1 aliphatic rings. The maximum Gasteiger partial charge on any atom is 0.0681 e. The third-order valence-electron chi connectivity index (χ3n) is 2.99. The Hall–Kier alpha value is -0.510. The van der Waals surface area contributed by atoms with Crippen molar-refractivity contribution < 1.29 is 5.11 Å². The summed E-state index contributed by atoms with van der Waals surface area (Å²) in [7, 11) is 0. The molecule has 1 fully saturated rings. The van der Waals surface area contributed by atoms with Crippen molar-refractivity contribution in [2.75, 3.05) is 18.1 Å². The fourth-order valence-electron chi connectivity index (χ4n) is 1.93. The lowest BCUT2D eigenvalue weighted by atomic mass is 10.1. The second kappa shape index (κ2) is 6.28. The molecular formula is C13H19NOS. The van der Waals surface area contributed by atoms with Crippen molar-refractivity contribution in [3.63, 3.8) is 0 Å². The zero-order valence-electron chi connectivity index (χ0n) is 9.48. The van der Waals surface area contributed by atoms with E-state index in [2.05, 4.69) is 29.2 Å². The molecule has 2 rings (SSSR count). The zero-order valence-corrected chi connectivity index (χ0v) is 10.3. The van der Waals surface area contributed by atoms with Crippen molar-refractivity contribution in [2.45, 2.75) is 19.6 Å². The zero-order chi connectivity index (χ0) is 11.2.